The van der Waals surface area contributed by atoms with Crippen LogP contribution in [-0.4, -0.2) is 6.67 Å². The highest BCUT2D eigenvalue weighted by atomic mass is 35.5. The zero-order valence-electron chi connectivity index (χ0n) is 10.8. The number of benzene rings is 2. The smallest absolute Gasteiger partial charge is 0.0912 e. The summed E-state index contributed by atoms with van der Waals surface area (Å²) in [4.78, 5) is 2.15. The highest BCUT2D eigenvalue weighted by molar-refractivity contribution is 7.99. The molecule has 0 aliphatic heterocycles. The van der Waals surface area contributed by atoms with Crippen LogP contribution >= 0.6 is 35.8 Å². The molecular weight excluding hydrogens is 316 g/mol. The first kappa shape index (κ1) is 17.3. The second-order valence-electron chi connectivity index (χ2n) is 4.18. The van der Waals surface area contributed by atoms with Gasteiger partial charge in [0, 0.05) is 20.9 Å². The molecule has 0 spiro atoms. The van der Waals surface area contributed by atoms with Crippen LogP contribution in [0.4, 0.5) is 4.39 Å². The van der Waals surface area contributed by atoms with Crippen molar-refractivity contribution in [3.05, 3.63) is 59.1 Å². The Morgan fingerprint density at radius 2 is 1.75 bits per heavy atom. The molecule has 1 atom stereocenters. The van der Waals surface area contributed by atoms with Gasteiger partial charge in [0.2, 0.25) is 0 Å². The van der Waals surface area contributed by atoms with E-state index in [2.05, 4.69) is 0 Å². The summed E-state index contributed by atoms with van der Waals surface area (Å²) in [5.41, 5.74) is 7.00. The van der Waals surface area contributed by atoms with Crippen molar-refractivity contribution in [2.75, 3.05) is 6.67 Å². The van der Waals surface area contributed by atoms with E-state index in [1.807, 2.05) is 48.5 Å². The van der Waals surface area contributed by atoms with Crippen LogP contribution in [0, 0.1) is 0 Å². The Hall–Kier alpha value is -0.740. The molecule has 2 N–H and O–H groups in total. The first-order valence-corrected chi connectivity index (χ1v) is 7.24. The van der Waals surface area contributed by atoms with Gasteiger partial charge in [-0.3, -0.25) is 4.39 Å². The van der Waals surface area contributed by atoms with Crippen LogP contribution in [0.25, 0.3) is 0 Å². The predicted molar refractivity (Wildman–Crippen MR) is 86.8 cm³/mol. The zero-order valence-corrected chi connectivity index (χ0v) is 13.1. The summed E-state index contributed by atoms with van der Waals surface area (Å²) in [5, 5.41) is 0.715. The van der Waals surface area contributed by atoms with E-state index in [-0.39, 0.29) is 18.4 Å². The van der Waals surface area contributed by atoms with Crippen molar-refractivity contribution in [3.63, 3.8) is 0 Å². The van der Waals surface area contributed by atoms with Gasteiger partial charge in [-0.1, -0.05) is 41.6 Å². The topological polar surface area (TPSA) is 26.0 Å². The second-order valence-corrected chi connectivity index (χ2v) is 5.73. The maximum absolute atomic E-state index is 12.4. The summed E-state index contributed by atoms with van der Waals surface area (Å²) in [6.45, 7) is -0.402. The van der Waals surface area contributed by atoms with E-state index in [0.717, 1.165) is 15.4 Å². The molecule has 2 rings (SSSR count). The minimum Gasteiger partial charge on any atom is -0.324 e. The maximum Gasteiger partial charge on any atom is 0.0912 e. The van der Waals surface area contributed by atoms with Crippen LogP contribution in [0.3, 0.4) is 0 Å². The highest BCUT2D eigenvalue weighted by Crippen LogP contribution is 2.33. The van der Waals surface area contributed by atoms with Crippen molar-refractivity contribution in [1.82, 2.24) is 0 Å². The first-order chi connectivity index (χ1) is 9.20. The molecule has 0 saturated heterocycles. The number of nitrogens with two attached hydrogens (primary N) is 1. The molecule has 0 aliphatic carbocycles. The van der Waals surface area contributed by atoms with Gasteiger partial charge in [0.25, 0.3) is 0 Å². The van der Waals surface area contributed by atoms with Crippen molar-refractivity contribution in [3.8, 4) is 0 Å². The molecule has 5 heteroatoms. The maximum atomic E-state index is 12.4. The number of hydrogen-bond donors (Lipinski definition) is 1. The predicted octanol–water partition coefficient (Wildman–Crippen LogP) is 5.27. The van der Waals surface area contributed by atoms with Crippen LogP contribution in [0.15, 0.2) is 58.3 Å². The van der Waals surface area contributed by atoms with Gasteiger partial charge in [-0.2, -0.15) is 0 Å². The molecular formula is C15H16Cl2FNS. The molecule has 2 aromatic carbocycles. The molecule has 20 heavy (non-hydrogen) atoms. The molecule has 0 radical (unpaired) electrons. The highest BCUT2D eigenvalue weighted by Gasteiger charge is 2.11. The molecule has 2 aromatic rings. The Labute approximate surface area is 134 Å². The normalized spacial score (nSPS) is 11.8. The van der Waals surface area contributed by atoms with Gasteiger partial charge in [-0.05, 0) is 42.3 Å². The van der Waals surface area contributed by atoms with Gasteiger partial charge in [0.05, 0.1) is 6.67 Å². The quantitative estimate of drug-likeness (QED) is 0.807. The van der Waals surface area contributed by atoms with Crippen molar-refractivity contribution >= 4 is 35.8 Å². The van der Waals surface area contributed by atoms with Crippen LogP contribution < -0.4 is 5.73 Å². The van der Waals surface area contributed by atoms with Crippen molar-refractivity contribution in [2.24, 2.45) is 5.73 Å². The summed E-state index contributed by atoms with van der Waals surface area (Å²) in [6, 6.07) is 15.2. The van der Waals surface area contributed by atoms with Gasteiger partial charge in [-0.15, -0.1) is 12.4 Å². The lowest BCUT2D eigenvalue weighted by atomic mass is 10.1. The minimum atomic E-state index is -0.402. The minimum absolute atomic E-state index is 0. The monoisotopic (exact) mass is 331 g/mol. The van der Waals surface area contributed by atoms with E-state index in [1.54, 1.807) is 11.8 Å². The first-order valence-electron chi connectivity index (χ1n) is 6.04. The fourth-order valence-electron chi connectivity index (χ4n) is 1.78. The van der Waals surface area contributed by atoms with Crippen LogP contribution in [0.2, 0.25) is 5.02 Å². The van der Waals surface area contributed by atoms with Crippen molar-refractivity contribution in [2.45, 2.75) is 22.3 Å². The standard InChI is InChI=1S/C15H15ClFNS.ClH/c16-11-5-7-12(8-6-11)19-15-4-2-1-3-13(15)14(18)9-10-17;/h1-8,14H,9-10,18H2;1H/t14-;/m0./s1. The zero-order chi connectivity index (χ0) is 13.7. The molecule has 108 valence electrons. The molecule has 0 heterocycles. The third-order valence-electron chi connectivity index (χ3n) is 2.78. The number of alkyl halides is 1. The Kier molecular flexibility index (Phi) is 7.38. The van der Waals surface area contributed by atoms with Crippen LogP contribution in [0.5, 0.6) is 0 Å². The van der Waals surface area contributed by atoms with Gasteiger partial charge in [-0.25, -0.2) is 0 Å². The lowest BCUT2D eigenvalue weighted by Gasteiger charge is -2.14. The molecule has 0 aliphatic rings. The fraction of sp³-hybridized carbons (Fsp3) is 0.200. The van der Waals surface area contributed by atoms with Gasteiger partial charge >= 0.3 is 0 Å². The molecule has 0 aromatic heterocycles. The Morgan fingerprint density at radius 1 is 1.10 bits per heavy atom. The van der Waals surface area contributed by atoms with Crippen molar-refractivity contribution in [1.29, 1.82) is 0 Å². The van der Waals surface area contributed by atoms with E-state index in [4.69, 9.17) is 17.3 Å². The van der Waals surface area contributed by atoms with Crippen molar-refractivity contribution < 1.29 is 4.39 Å². The largest absolute Gasteiger partial charge is 0.324 e. The molecule has 0 unspecified atom stereocenters. The van der Waals surface area contributed by atoms with E-state index >= 15 is 0 Å². The number of hydrogen-bond acceptors (Lipinski definition) is 2. The average molecular weight is 332 g/mol. The van der Waals surface area contributed by atoms with E-state index in [9.17, 15) is 4.39 Å². The molecule has 0 bridgehead atoms. The number of halogens is 3. The Balaban J connectivity index is 0.00000200. The van der Waals surface area contributed by atoms with Crippen LogP contribution in [-0.2, 0) is 0 Å². The van der Waals surface area contributed by atoms with Crippen LogP contribution in [0.1, 0.15) is 18.0 Å². The summed E-state index contributed by atoms with van der Waals surface area (Å²) < 4.78 is 12.4. The molecule has 0 amide bonds. The summed E-state index contributed by atoms with van der Waals surface area (Å²) >= 11 is 7.48. The third-order valence-corrected chi connectivity index (χ3v) is 4.13. The third kappa shape index (κ3) is 4.67. The average Bonchev–Trinajstić information content (AvgIpc) is 2.42. The fourth-order valence-corrected chi connectivity index (χ4v) is 2.92. The Morgan fingerprint density at radius 3 is 2.40 bits per heavy atom. The number of rotatable bonds is 5. The van der Waals surface area contributed by atoms with Gasteiger partial charge in [0.1, 0.15) is 0 Å². The summed E-state index contributed by atoms with van der Waals surface area (Å²) in [5.74, 6) is 0. The molecule has 1 nitrogen and oxygen atoms in total. The second kappa shape index (κ2) is 8.53. The lowest BCUT2D eigenvalue weighted by Crippen LogP contribution is -2.11. The van der Waals surface area contributed by atoms with Gasteiger partial charge < -0.3 is 5.73 Å². The summed E-state index contributed by atoms with van der Waals surface area (Å²) in [6.07, 6.45) is 0.345. The van der Waals surface area contributed by atoms with E-state index in [0.29, 0.717) is 11.4 Å². The summed E-state index contributed by atoms with van der Waals surface area (Å²) in [7, 11) is 0. The Bertz CT molecular complexity index is 534. The lowest BCUT2D eigenvalue weighted by molar-refractivity contribution is 0.440. The SMILES string of the molecule is Cl.N[C@@H](CCF)c1ccccc1Sc1ccc(Cl)cc1. The molecule has 0 fully saturated rings. The van der Waals surface area contributed by atoms with E-state index in [1.165, 1.54) is 0 Å². The molecule has 0 saturated carbocycles. The van der Waals surface area contributed by atoms with Gasteiger partial charge in [0.15, 0.2) is 0 Å². The van der Waals surface area contributed by atoms with E-state index < -0.39 is 6.67 Å².